The third-order valence-corrected chi connectivity index (χ3v) is 1.57. The fraction of sp³-hybridized carbons (Fsp3) is 0.545. The minimum Gasteiger partial charge on any atom is -0.273 e. The molecule has 1 amide bonds. The maximum atomic E-state index is 10.9. The average molecular weight is 197 g/mol. The Bertz CT molecular complexity index is 209. The Balaban J connectivity index is 3.26. The number of hydrogen-bond acceptors (Lipinski definition) is 2. The van der Waals surface area contributed by atoms with Gasteiger partial charge < -0.3 is 0 Å². The second kappa shape index (κ2) is 8.51. The van der Waals surface area contributed by atoms with Gasteiger partial charge >= 0.3 is 0 Å². The highest BCUT2D eigenvalue weighted by Gasteiger charge is 1.98. The maximum Gasteiger partial charge on any atom is 0.269 e. The summed E-state index contributed by atoms with van der Waals surface area (Å²) in [5.41, 5.74) is 2.76. The molecule has 0 aromatic carbocycles. The molecule has 3 heteroatoms. The number of nitrogens with one attached hydrogen (secondary N) is 1. The maximum absolute atomic E-state index is 10.9. The zero-order valence-corrected chi connectivity index (χ0v) is 9.01. The Morgan fingerprint density at radius 3 is 2.79 bits per heavy atom. The molecule has 0 atom stereocenters. The van der Waals surface area contributed by atoms with Crippen LogP contribution in [0.4, 0.5) is 0 Å². The summed E-state index contributed by atoms with van der Waals surface area (Å²) in [6.45, 7) is 7.76. The molecule has 0 aliphatic rings. The van der Waals surface area contributed by atoms with E-state index in [0.29, 0.717) is 12.2 Å². The molecule has 0 aromatic rings. The van der Waals surface area contributed by atoms with Crippen molar-refractivity contribution in [2.75, 3.05) is 6.61 Å². The second-order valence-electron chi connectivity index (χ2n) is 3.08. The molecule has 0 radical (unpaired) electrons. The van der Waals surface area contributed by atoms with Crippen molar-refractivity contribution in [3.63, 3.8) is 0 Å². The second-order valence-corrected chi connectivity index (χ2v) is 3.08. The molecule has 0 saturated carbocycles. The van der Waals surface area contributed by atoms with Crippen molar-refractivity contribution in [3.05, 3.63) is 24.3 Å². The first kappa shape index (κ1) is 12.9. The minimum absolute atomic E-state index is 0.255. The standard InChI is InChI=1S/C11H19NO2/c1-4-5-6-7-8-9-14-12-11(13)10(2)3/h5-6H,2,4,7-9H2,1,3H3,(H,12,13)/b6-5+. The molecular formula is C11H19NO2. The summed E-state index contributed by atoms with van der Waals surface area (Å²) in [6.07, 6.45) is 7.19. The Kier molecular flexibility index (Phi) is 7.84. The van der Waals surface area contributed by atoms with Crippen LogP contribution in [-0.4, -0.2) is 12.5 Å². The largest absolute Gasteiger partial charge is 0.273 e. The van der Waals surface area contributed by atoms with Crippen LogP contribution in [-0.2, 0) is 9.63 Å². The molecular weight excluding hydrogens is 178 g/mol. The van der Waals surface area contributed by atoms with Crippen molar-refractivity contribution in [3.8, 4) is 0 Å². The topological polar surface area (TPSA) is 38.3 Å². The van der Waals surface area contributed by atoms with Crippen molar-refractivity contribution in [2.45, 2.75) is 33.1 Å². The Labute approximate surface area is 85.8 Å². The highest BCUT2D eigenvalue weighted by atomic mass is 16.6. The molecule has 0 aliphatic carbocycles. The van der Waals surface area contributed by atoms with Gasteiger partial charge in [-0.25, -0.2) is 5.48 Å². The Morgan fingerprint density at radius 2 is 2.21 bits per heavy atom. The van der Waals surface area contributed by atoms with Gasteiger partial charge in [0.1, 0.15) is 0 Å². The predicted octanol–water partition coefficient (Wildman–Crippen LogP) is 2.36. The van der Waals surface area contributed by atoms with Gasteiger partial charge in [-0.1, -0.05) is 25.7 Å². The van der Waals surface area contributed by atoms with Gasteiger partial charge in [0.2, 0.25) is 0 Å². The van der Waals surface area contributed by atoms with Gasteiger partial charge in [0.15, 0.2) is 0 Å². The lowest BCUT2D eigenvalue weighted by Gasteiger charge is -2.03. The van der Waals surface area contributed by atoms with E-state index in [4.69, 9.17) is 4.84 Å². The summed E-state index contributed by atoms with van der Waals surface area (Å²) in [5.74, 6) is -0.255. The lowest BCUT2D eigenvalue weighted by Crippen LogP contribution is -2.24. The minimum atomic E-state index is -0.255. The fourth-order valence-electron chi connectivity index (χ4n) is 0.762. The van der Waals surface area contributed by atoms with Crippen LogP contribution in [0.1, 0.15) is 33.1 Å². The first-order valence-electron chi connectivity index (χ1n) is 4.91. The molecule has 0 aliphatic heterocycles. The number of hydroxylamine groups is 1. The van der Waals surface area contributed by atoms with E-state index in [1.165, 1.54) is 0 Å². The van der Waals surface area contributed by atoms with Crippen molar-refractivity contribution >= 4 is 5.91 Å². The van der Waals surface area contributed by atoms with Crippen LogP contribution < -0.4 is 5.48 Å². The van der Waals surface area contributed by atoms with E-state index in [1.54, 1.807) is 6.92 Å². The molecule has 0 bridgehead atoms. The summed E-state index contributed by atoms with van der Waals surface area (Å²) in [5, 5.41) is 0. The summed E-state index contributed by atoms with van der Waals surface area (Å²) in [4.78, 5) is 15.9. The molecule has 0 unspecified atom stereocenters. The molecule has 0 spiro atoms. The van der Waals surface area contributed by atoms with E-state index in [1.807, 2.05) is 0 Å². The van der Waals surface area contributed by atoms with Crippen molar-refractivity contribution in [1.29, 1.82) is 0 Å². The number of amides is 1. The smallest absolute Gasteiger partial charge is 0.269 e. The number of allylic oxidation sites excluding steroid dienone is 2. The summed E-state index contributed by atoms with van der Waals surface area (Å²) in [7, 11) is 0. The normalized spacial score (nSPS) is 10.4. The predicted molar refractivity (Wildman–Crippen MR) is 57.6 cm³/mol. The Hall–Kier alpha value is -1.09. The van der Waals surface area contributed by atoms with Crippen molar-refractivity contribution < 1.29 is 9.63 Å². The van der Waals surface area contributed by atoms with Crippen LogP contribution >= 0.6 is 0 Å². The van der Waals surface area contributed by atoms with Crippen molar-refractivity contribution in [1.82, 2.24) is 5.48 Å². The average Bonchev–Trinajstić information content (AvgIpc) is 2.16. The number of carbonyl (C=O) groups excluding carboxylic acids is 1. The molecule has 3 nitrogen and oxygen atoms in total. The number of carbonyl (C=O) groups is 1. The summed E-state index contributed by atoms with van der Waals surface area (Å²) in [6, 6.07) is 0. The van der Waals surface area contributed by atoms with E-state index >= 15 is 0 Å². The fourth-order valence-corrected chi connectivity index (χ4v) is 0.762. The van der Waals surface area contributed by atoms with Gasteiger partial charge in [-0.3, -0.25) is 9.63 Å². The van der Waals surface area contributed by atoms with Crippen LogP contribution in [0.3, 0.4) is 0 Å². The molecule has 1 N–H and O–H groups in total. The third-order valence-electron chi connectivity index (χ3n) is 1.57. The highest BCUT2D eigenvalue weighted by molar-refractivity contribution is 5.91. The molecule has 0 heterocycles. The van der Waals surface area contributed by atoms with Gasteiger partial charge in [0, 0.05) is 5.57 Å². The van der Waals surface area contributed by atoms with Gasteiger partial charge in [-0.15, -0.1) is 0 Å². The quantitative estimate of drug-likeness (QED) is 0.294. The molecule has 0 saturated heterocycles. The van der Waals surface area contributed by atoms with E-state index in [0.717, 1.165) is 19.3 Å². The van der Waals surface area contributed by atoms with E-state index in [9.17, 15) is 4.79 Å². The number of hydrogen-bond donors (Lipinski definition) is 1. The van der Waals surface area contributed by atoms with Gasteiger partial charge in [-0.2, -0.15) is 0 Å². The highest BCUT2D eigenvalue weighted by Crippen LogP contribution is 1.93. The van der Waals surface area contributed by atoms with Crippen LogP contribution in [0.25, 0.3) is 0 Å². The van der Waals surface area contributed by atoms with E-state index in [-0.39, 0.29) is 5.91 Å². The molecule has 14 heavy (non-hydrogen) atoms. The first-order chi connectivity index (χ1) is 6.68. The zero-order chi connectivity index (χ0) is 10.8. The van der Waals surface area contributed by atoms with Crippen LogP contribution in [0.5, 0.6) is 0 Å². The SMILES string of the molecule is C=C(C)C(=O)NOCCC/C=C/CC. The monoisotopic (exact) mass is 197 g/mol. The third kappa shape index (κ3) is 7.55. The van der Waals surface area contributed by atoms with Gasteiger partial charge in [-0.05, 0) is 26.2 Å². The first-order valence-corrected chi connectivity index (χ1v) is 4.91. The van der Waals surface area contributed by atoms with Crippen LogP contribution in [0.15, 0.2) is 24.3 Å². The zero-order valence-electron chi connectivity index (χ0n) is 9.01. The van der Waals surface area contributed by atoms with E-state index < -0.39 is 0 Å². The summed E-state index contributed by atoms with van der Waals surface area (Å²) < 4.78 is 0. The Morgan fingerprint density at radius 1 is 1.50 bits per heavy atom. The van der Waals surface area contributed by atoms with Crippen LogP contribution in [0, 0.1) is 0 Å². The number of rotatable bonds is 7. The molecule has 0 rings (SSSR count). The van der Waals surface area contributed by atoms with Crippen LogP contribution in [0.2, 0.25) is 0 Å². The number of unbranched alkanes of at least 4 members (excludes halogenated alkanes) is 1. The van der Waals surface area contributed by atoms with Gasteiger partial charge in [0.25, 0.3) is 5.91 Å². The van der Waals surface area contributed by atoms with Gasteiger partial charge in [0.05, 0.1) is 6.61 Å². The van der Waals surface area contributed by atoms with Crippen molar-refractivity contribution in [2.24, 2.45) is 0 Å². The molecule has 0 fully saturated rings. The molecule has 80 valence electrons. The van der Waals surface area contributed by atoms with E-state index in [2.05, 4.69) is 31.1 Å². The lowest BCUT2D eigenvalue weighted by molar-refractivity contribution is -0.129. The molecule has 0 aromatic heterocycles. The lowest BCUT2D eigenvalue weighted by atomic mass is 10.3. The summed E-state index contributed by atoms with van der Waals surface area (Å²) >= 11 is 0.